The molecule has 19 heteroatoms. The molecule has 19 nitrogen and oxygen atoms in total. The van der Waals surface area contributed by atoms with Gasteiger partial charge in [-0.2, -0.15) is 0 Å². The van der Waals surface area contributed by atoms with Gasteiger partial charge < -0.3 is 85.0 Å². The van der Waals surface area contributed by atoms with Gasteiger partial charge >= 0.3 is 17.3 Å². The highest BCUT2D eigenvalue weighted by Crippen LogP contribution is 2.42. The molecule has 2 saturated heterocycles. The van der Waals surface area contributed by atoms with Crippen LogP contribution in [0.2, 0.25) is 0 Å². The Morgan fingerprint density at radius 3 is 2.07 bits per heavy atom. The lowest BCUT2D eigenvalue weighted by atomic mass is 9.97. The van der Waals surface area contributed by atoms with E-state index in [4.69, 9.17) is 28.1 Å². The van der Waals surface area contributed by atoms with Crippen LogP contribution in [0.25, 0.3) is 28.4 Å². The summed E-state index contributed by atoms with van der Waals surface area (Å²) in [4.78, 5) is 12.6. The van der Waals surface area contributed by atoms with E-state index in [2.05, 4.69) is 0 Å². The maximum Gasteiger partial charge on any atom is 0.402 e. The van der Waals surface area contributed by atoms with Crippen molar-refractivity contribution < 1.29 is 94.2 Å². The number of ether oxygens (including phenoxy) is 5. The monoisotopic (exact) mass is 773 g/mol. The smallest absolute Gasteiger partial charge is 0.402 e. The maximum atomic E-state index is 12.6. The van der Waals surface area contributed by atoms with Crippen LogP contribution in [0.5, 0.6) is 40.2 Å². The van der Waals surface area contributed by atoms with Gasteiger partial charge in [0.25, 0.3) is 0 Å². The van der Waals surface area contributed by atoms with Crippen LogP contribution in [0.4, 0.5) is 0 Å². The second-order valence-corrected chi connectivity index (χ2v) is 12.7. The van der Waals surface area contributed by atoms with E-state index in [1.54, 1.807) is 0 Å². The van der Waals surface area contributed by atoms with Gasteiger partial charge in [0.1, 0.15) is 66.2 Å². The van der Waals surface area contributed by atoms with Crippen molar-refractivity contribution in [3.8, 4) is 51.6 Å². The molecule has 3 aromatic carbocycles. The number of phenols is 6. The average Bonchev–Trinajstić information content (AvgIpc) is 3.15. The van der Waals surface area contributed by atoms with Crippen molar-refractivity contribution in [2.45, 2.75) is 61.4 Å². The van der Waals surface area contributed by atoms with Crippen LogP contribution in [0, 0.1) is 0 Å². The molecule has 4 aromatic rings. The summed E-state index contributed by atoms with van der Waals surface area (Å²) >= 11 is 0. The first-order valence-corrected chi connectivity index (χ1v) is 16.5. The fourth-order valence-corrected chi connectivity index (χ4v) is 5.90. The predicted molar refractivity (Wildman–Crippen MR) is 182 cm³/mol. The van der Waals surface area contributed by atoms with Gasteiger partial charge in [-0.25, -0.2) is 9.21 Å². The number of carbonyl (C=O) groups is 1. The third-order valence-electron chi connectivity index (χ3n) is 8.88. The van der Waals surface area contributed by atoms with E-state index in [0.29, 0.717) is 5.56 Å². The van der Waals surface area contributed by atoms with Crippen LogP contribution in [0.15, 0.2) is 65.1 Å². The van der Waals surface area contributed by atoms with Gasteiger partial charge in [0, 0.05) is 24.3 Å². The average molecular weight is 774 g/mol. The van der Waals surface area contributed by atoms with Crippen LogP contribution < -0.4 is 4.74 Å². The van der Waals surface area contributed by atoms with E-state index in [1.165, 1.54) is 36.4 Å². The lowest BCUT2D eigenvalue weighted by Crippen LogP contribution is -2.65. The second-order valence-electron chi connectivity index (χ2n) is 12.7. The van der Waals surface area contributed by atoms with Crippen molar-refractivity contribution in [3.63, 3.8) is 0 Å². The Morgan fingerprint density at radius 1 is 0.709 bits per heavy atom. The Labute approximate surface area is 309 Å². The number of phenolic OH excluding ortho intramolecular Hbond substituents is 6. The normalized spacial score (nSPS) is 28.3. The van der Waals surface area contributed by atoms with E-state index >= 15 is 0 Å². The van der Waals surface area contributed by atoms with Crippen molar-refractivity contribution in [2.24, 2.45) is 0 Å². The molecule has 0 saturated carbocycles. The number of rotatable bonds is 10. The van der Waals surface area contributed by atoms with Gasteiger partial charge in [-0.1, -0.05) is 6.07 Å². The van der Waals surface area contributed by atoms with E-state index in [1.807, 2.05) is 0 Å². The summed E-state index contributed by atoms with van der Waals surface area (Å²) in [6, 6.07) is 10.7. The topological polar surface area (TPSA) is 317 Å². The minimum atomic E-state index is -2.01. The molecule has 2 aliphatic rings. The summed E-state index contributed by atoms with van der Waals surface area (Å²) in [5, 5.41) is 124. The van der Waals surface area contributed by atoms with Crippen molar-refractivity contribution in [3.05, 3.63) is 66.2 Å². The molecule has 10 atom stereocenters. The SMILES string of the molecule is O=C(C=Cc1ccc(O)c(O)c1)OCC1OC(Oc2cc3c(O)cc(O)cc3[o+]c2-c2ccc(O)c(O)c2)C(OC2OC(CO)C(O)C(O)C2O)C(O)C1O. The first-order chi connectivity index (χ1) is 26.1. The van der Waals surface area contributed by atoms with Crippen LogP contribution in [0.3, 0.4) is 0 Å². The zero-order valence-electron chi connectivity index (χ0n) is 28.3. The number of fused-ring (bicyclic) bond motifs is 1. The maximum absolute atomic E-state index is 12.6. The standard InChI is InChI=1S/C36H36O19/c37-12-25-28(45)30(47)32(49)35(53-25)55-34-31(48)29(46)26(13-50-27(44)6-2-14-1-4-18(39)21(42)7-14)54-36(34)52-24-11-17-20(41)9-16(38)10-23(17)51-33(24)15-3-5-19(40)22(43)8-15/h1-11,25-26,28-32,34-37,45-49H,12-13H2,(H5-,38,39,40,41,42,43,44)/p+1. The Morgan fingerprint density at radius 2 is 1.38 bits per heavy atom. The first kappa shape index (κ1) is 39.2. The lowest BCUT2D eigenvalue weighted by molar-refractivity contribution is -0.357. The van der Waals surface area contributed by atoms with Gasteiger partial charge in [-0.15, -0.1) is 0 Å². The molecule has 12 N–H and O–H groups in total. The van der Waals surface area contributed by atoms with E-state index in [9.17, 15) is 66.1 Å². The Kier molecular flexibility index (Phi) is 11.5. The number of aliphatic hydroxyl groups is 6. The fourth-order valence-electron chi connectivity index (χ4n) is 5.90. The molecular formula is C36H37O19+. The van der Waals surface area contributed by atoms with Gasteiger partial charge in [0.2, 0.25) is 12.0 Å². The molecule has 2 aliphatic heterocycles. The third-order valence-corrected chi connectivity index (χ3v) is 8.88. The Hall–Kier alpha value is -5.48. The molecule has 55 heavy (non-hydrogen) atoms. The third kappa shape index (κ3) is 8.29. The molecule has 294 valence electrons. The van der Waals surface area contributed by atoms with Gasteiger partial charge in [-0.3, -0.25) is 0 Å². The van der Waals surface area contributed by atoms with Crippen LogP contribution in [-0.2, 0) is 23.7 Å². The highest BCUT2D eigenvalue weighted by Gasteiger charge is 2.52. The summed E-state index contributed by atoms with van der Waals surface area (Å²) < 4.78 is 34.5. The minimum absolute atomic E-state index is 0.0263. The molecule has 0 radical (unpaired) electrons. The Bertz CT molecular complexity index is 2050. The molecule has 0 aliphatic carbocycles. The summed E-state index contributed by atoms with van der Waals surface area (Å²) in [5.41, 5.74) is 0.303. The van der Waals surface area contributed by atoms with Crippen molar-refractivity contribution in [1.29, 1.82) is 0 Å². The molecule has 0 spiro atoms. The highest BCUT2D eigenvalue weighted by atomic mass is 16.8. The molecule has 0 bridgehead atoms. The number of esters is 1. The number of hydrogen-bond donors (Lipinski definition) is 12. The molecule has 2 fully saturated rings. The van der Waals surface area contributed by atoms with E-state index in [-0.39, 0.29) is 39.5 Å². The molecule has 0 amide bonds. The summed E-state index contributed by atoms with van der Waals surface area (Å²) in [7, 11) is 0. The van der Waals surface area contributed by atoms with Crippen LogP contribution >= 0.6 is 0 Å². The lowest BCUT2D eigenvalue weighted by Gasteiger charge is -2.45. The summed E-state index contributed by atoms with van der Waals surface area (Å²) in [5.74, 6) is -4.21. The number of hydrogen-bond acceptors (Lipinski definition) is 18. The number of benzene rings is 3. The second kappa shape index (κ2) is 16.1. The number of carbonyl (C=O) groups excluding carboxylic acids is 1. The molecule has 6 rings (SSSR count). The van der Waals surface area contributed by atoms with Crippen LogP contribution in [0.1, 0.15) is 5.56 Å². The number of aliphatic hydroxyl groups excluding tert-OH is 6. The molecular weight excluding hydrogens is 736 g/mol. The fraction of sp³-hybridized carbons (Fsp3) is 0.333. The zero-order valence-corrected chi connectivity index (χ0v) is 28.3. The molecule has 10 unspecified atom stereocenters. The van der Waals surface area contributed by atoms with Gasteiger partial charge in [0.15, 0.2) is 35.4 Å². The summed E-state index contributed by atoms with van der Waals surface area (Å²) in [6.45, 7) is -1.54. The van der Waals surface area contributed by atoms with Gasteiger partial charge in [0.05, 0.1) is 18.2 Å². The van der Waals surface area contributed by atoms with Gasteiger partial charge in [-0.05, 0) is 35.9 Å². The highest BCUT2D eigenvalue weighted by molar-refractivity contribution is 5.89. The van der Waals surface area contributed by atoms with E-state index < -0.39 is 104 Å². The predicted octanol–water partition coefficient (Wildman–Crippen LogP) is -0.118. The van der Waals surface area contributed by atoms with Crippen molar-refractivity contribution >= 4 is 23.0 Å². The zero-order chi connectivity index (χ0) is 39.7. The Balaban J connectivity index is 1.34. The minimum Gasteiger partial charge on any atom is -0.507 e. The molecule has 3 heterocycles. The van der Waals surface area contributed by atoms with Crippen LogP contribution in [-0.4, -0.2) is 142 Å². The van der Waals surface area contributed by atoms with E-state index in [0.717, 1.165) is 30.3 Å². The summed E-state index contributed by atoms with van der Waals surface area (Å²) in [6.07, 6.45) is -15.9. The quantitative estimate of drug-likeness (QED) is 0.0433. The first-order valence-electron chi connectivity index (χ1n) is 16.5. The number of aromatic hydroxyl groups is 6. The largest absolute Gasteiger partial charge is 0.507 e. The van der Waals surface area contributed by atoms with Crippen molar-refractivity contribution in [1.82, 2.24) is 0 Å². The van der Waals surface area contributed by atoms with Crippen molar-refractivity contribution in [2.75, 3.05) is 13.2 Å². The molecule has 1 aromatic heterocycles.